The molecule has 1 aromatic rings. The lowest BCUT2D eigenvalue weighted by atomic mass is 9.79. The Morgan fingerprint density at radius 1 is 1.38 bits per heavy atom. The molecule has 1 saturated heterocycles. The normalized spacial score (nSPS) is 27.4. The lowest BCUT2D eigenvalue weighted by Gasteiger charge is -2.47. The Morgan fingerprint density at radius 2 is 1.96 bits per heavy atom. The number of carbonyl (C=O) groups excluding carboxylic acids is 1. The van der Waals surface area contributed by atoms with Gasteiger partial charge in [-0.05, 0) is 17.8 Å². The first-order valence-corrected chi connectivity index (χ1v) is 7.15. The fraction of sp³-hybridized carbons (Fsp3) is 0.429. The lowest BCUT2D eigenvalue weighted by Crippen LogP contribution is -2.75. The summed E-state index contributed by atoms with van der Waals surface area (Å²) in [6.07, 6.45) is -4.24. The minimum Gasteiger partial charge on any atom is -0.469 e. The van der Waals surface area contributed by atoms with E-state index in [1.807, 2.05) is 0 Å². The highest BCUT2D eigenvalue weighted by Gasteiger charge is 2.69. The van der Waals surface area contributed by atoms with Crippen LogP contribution in [0.3, 0.4) is 0 Å². The van der Waals surface area contributed by atoms with Gasteiger partial charge in [0.15, 0.2) is 5.11 Å². The molecule has 0 saturated carbocycles. The molecule has 1 aliphatic heterocycles. The minimum atomic E-state index is -4.97. The van der Waals surface area contributed by atoms with Crippen molar-refractivity contribution in [2.75, 3.05) is 7.11 Å². The van der Waals surface area contributed by atoms with Gasteiger partial charge in [0.2, 0.25) is 5.72 Å². The number of thiocarbonyl (C=S) groups is 1. The Bertz CT molecular complexity index is 632. The number of hydrogen-bond acceptors (Lipinski definition) is 4. The second kappa shape index (κ2) is 6.52. The van der Waals surface area contributed by atoms with Crippen LogP contribution in [0.25, 0.3) is 0 Å². The molecule has 0 unspecified atom stereocenters. The number of ether oxygens (including phenoxy) is 1. The van der Waals surface area contributed by atoms with Crippen molar-refractivity contribution in [2.45, 2.75) is 24.1 Å². The quantitative estimate of drug-likeness (QED) is 0.427. The number of halogens is 4. The van der Waals surface area contributed by atoms with Crippen molar-refractivity contribution < 1.29 is 32.2 Å². The number of aliphatic hydroxyl groups is 1. The van der Waals surface area contributed by atoms with Crippen LogP contribution in [0.4, 0.5) is 17.6 Å². The molecule has 3 N–H and O–H groups in total. The number of nitrogens with one attached hydrogen (secondary N) is 2. The van der Waals surface area contributed by atoms with E-state index in [0.717, 1.165) is 7.11 Å². The predicted octanol–water partition coefficient (Wildman–Crippen LogP) is 1.58. The van der Waals surface area contributed by atoms with Crippen molar-refractivity contribution in [3.8, 4) is 0 Å². The van der Waals surface area contributed by atoms with Crippen LogP contribution >= 0.6 is 12.2 Å². The summed E-state index contributed by atoms with van der Waals surface area (Å²) in [5.74, 6) is -8.35. The molecule has 0 spiro atoms. The molecule has 1 aliphatic rings. The standard InChI is InChI=1S/C14H14F4N2O3S/c1-23-10(21)8-9(7-5-3-2-4-6-7)19-12(24)20-14(8,22)13(17,18)11(15)16/h2-6,8-9,11,22H,1H3,(H2,19,20,24)/t8-,9+,14-/m0/s1. The average Bonchev–Trinajstić information content (AvgIpc) is 2.54. The molecule has 0 bridgehead atoms. The van der Waals surface area contributed by atoms with Crippen molar-refractivity contribution in [1.29, 1.82) is 0 Å². The third-order valence-electron chi connectivity index (χ3n) is 3.77. The molecule has 3 atom stereocenters. The van der Waals surface area contributed by atoms with Crippen LogP contribution in [0, 0.1) is 5.92 Å². The summed E-state index contributed by atoms with van der Waals surface area (Å²) in [5.41, 5.74) is -3.34. The minimum absolute atomic E-state index is 0.292. The van der Waals surface area contributed by atoms with E-state index in [1.165, 1.54) is 12.1 Å². The molecule has 0 amide bonds. The highest BCUT2D eigenvalue weighted by Crippen LogP contribution is 2.44. The van der Waals surface area contributed by atoms with Crippen molar-refractivity contribution >= 4 is 23.3 Å². The largest absolute Gasteiger partial charge is 0.469 e. The molecule has 0 radical (unpaired) electrons. The van der Waals surface area contributed by atoms with Crippen molar-refractivity contribution in [2.24, 2.45) is 5.92 Å². The maximum atomic E-state index is 14.1. The van der Waals surface area contributed by atoms with Gasteiger partial charge in [-0.15, -0.1) is 0 Å². The van der Waals surface area contributed by atoms with Crippen LogP contribution in [-0.4, -0.2) is 41.4 Å². The Morgan fingerprint density at radius 3 is 2.46 bits per heavy atom. The molecule has 2 rings (SSSR count). The van der Waals surface area contributed by atoms with Crippen LogP contribution in [-0.2, 0) is 9.53 Å². The first-order chi connectivity index (χ1) is 11.1. The van der Waals surface area contributed by atoms with E-state index in [2.05, 4.69) is 10.1 Å². The van der Waals surface area contributed by atoms with Gasteiger partial charge in [-0.3, -0.25) is 4.79 Å². The van der Waals surface area contributed by atoms with E-state index in [1.54, 1.807) is 23.5 Å². The zero-order valence-corrected chi connectivity index (χ0v) is 13.1. The third kappa shape index (κ3) is 2.91. The van der Waals surface area contributed by atoms with Gasteiger partial charge < -0.3 is 20.5 Å². The van der Waals surface area contributed by atoms with Crippen molar-refractivity contribution in [3.63, 3.8) is 0 Å². The number of benzene rings is 1. The summed E-state index contributed by atoms with van der Waals surface area (Å²) in [5, 5.41) is 14.1. The molecule has 24 heavy (non-hydrogen) atoms. The number of carbonyl (C=O) groups is 1. The molecule has 1 aromatic carbocycles. The Hall–Kier alpha value is -1.94. The van der Waals surface area contributed by atoms with Crippen molar-refractivity contribution in [1.82, 2.24) is 10.6 Å². The zero-order chi connectivity index (χ0) is 18.1. The summed E-state index contributed by atoms with van der Waals surface area (Å²) in [6, 6.07) is 6.41. The number of hydrogen-bond donors (Lipinski definition) is 3. The first kappa shape index (κ1) is 18.4. The number of methoxy groups -OCH3 is 1. The van der Waals surface area contributed by atoms with Gasteiger partial charge in [0.25, 0.3) is 0 Å². The van der Waals surface area contributed by atoms with E-state index in [-0.39, 0.29) is 0 Å². The predicted molar refractivity (Wildman–Crippen MR) is 79.5 cm³/mol. The highest BCUT2D eigenvalue weighted by molar-refractivity contribution is 7.80. The molecule has 0 aliphatic carbocycles. The molecule has 10 heteroatoms. The summed E-state index contributed by atoms with van der Waals surface area (Å²) < 4.78 is 58.3. The summed E-state index contributed by atoms with van der Waals surface area (Å²) >= 11 is 4.75. The maximum Gasteiger partial charge on any atom is 0.354 e. The van der Waals surface area contributed by atoms with Gasteiger partial charge in [-0.25, -0.2) is 8.78 Å². The van der Waals surface area contributed by atoms with Gasteiger partial charge in [-0.2, -0.15) is 8.78 Å². The van der Waals surface area contributed by atoms with Crippen LogP contribution in [0.15, 0.2) is 30.3 Å². The molecule has 1 heterocycles. The van der Waals surface area contributed by atoms with E-state index < -0.39 is 41.1 Å². The van der Waals surface area contributed by atoms with Crippen LogP contribution in [0.5, 0.6) is 0 Å². The van der Waals surface area contributed by atoms with Gasteiger partial charge in [0.1, 0.15) is 5.92 Å². The van der Waals surface area contributed by atoms with E-state index in [0.29, 0.717) is 5.56 Å². The number of rotatable bonds is 4. The fourth-order valence-electron chi connectivity index (χ4n) is 2.58. The second-order valence-electron chi connectivity index (χ2n) is 5.18. The molecule has 1 fully saturated rings. The molecule has 5 nitrogen and oxygen atoms in total. The fourth-order valence-corrected chi connectivity index (χ4v) is 2.86. The van der Waals surface area contributed by atoms with Crippen LogP contribution in [0.1, 0.15) is 11.6 Å². The van der Waals surface area contributed by atoms with E-state index >= 15 is 0 Å². The lowest BCUT2D eigenvalue weighted by molar-refractivity contribution is -0.274. The van der Waals surface area contributed by atoms with Crippen LogP contribution in [0.2, 0.25) is 0 Å². The van der Waals surface area contributed by atoms with Crippen LogP contribution < -0.4 is 10.6 Å². The van der Waals surface area contributed by atoms with Crippen molar-refractivity contribution in [3.05, 3.63) is 35.9 Å². The SMILES string of the molecule is COC(=O)[C@@H]1[C@@H](c2ccccc2)NC(=S)N[C@@]1(O)C(F)(F)C(F)F. The van der Waals surface area contributed by atoms with E-state index in [9.17, 15) is 27.5 Å². The van der Waals surface area contributed by atoms with Gasteiger partial charge in [0, 0.05) is 0 Å². The van der Waals surface area contributed by atoms with Gasteiger partial charge in [0.05, 0.1) is 13.2 Å². The average molecular weight is 366 g/mol. The summed E-state index contributed by atoms with van der Waals surface area (Å²) in [7, 11) is 0.901. The second-order valence-corrected chi connectivity index (χ2v) is 5.59. The molecule has 132 valence electrons. The smallest absolute Gasteiger partial charge is 0.354 e. The summed E-state index contributed by atoms with van der Waals surface area (Å²) in [6.45, 7) is 0. The van der Waals surface area contributed by atoms with E-state index in [4.69, 9.17) is 12.2 Å². The Kier molecular flexibility index (Phi) is 5.00. The first-order valence-electron chi connectivity index (χ1n) is 6.75. The maximum absolute atomic E-state index is 14.1. The molecular weight excluding hydrogens is 352 g/mol. The molecular formula is C14H14F4N2O3S. The van der Waals surface area contributed by atoms with Gasteiger partial charge in [-0.1, -0.05) is 30.3 Å². The Labute approximate surface area is 140 Å². The number of esters is 1. The Balaban J connectivity index is 2.60. The third-order valence-corrected chi connectivity index (χ3v) is 3.99. The molecule has 0 aromatic heterocycles. The summed E-state index contributed by atoms with van der Waals surface area (Å²) in [4.78, 5) is 12.1. The number of alkyl halides is 4. The van der Waals surface area contributed by atoms with Gasteiger partial charge >= 0.3 is 18.3 Å². The zero-order valence-electron chi connectivity index (χ0n) is 12.3. The monoisotopic (exact) mass is 366 g/mol. The highest BCUT2D eigenvalue weighted by atomic mass is 32.1. The topological polar surface area (TPSA) is 70.6 Å².